The molecule has 0 radical (unpaired) electrons. The van der Waals surface area contributed by atoms with Crippen molar-refractivity contribution in [2.45, 2.75) is 25.6 Å². The van der Waals surface area contributed by atoms with E-state index in [1.54, 1.807) is 29.0 Å². The molecule has 1 unspecified atom stereocenters. The first-order chi connectivity index (χ1) is 19.2. The number of carbonyl (C=O) groups is 1. The number of hydrogen-bond acceptors (Lipinski definition) is 7. The number of fused-ring (bicyclic) bond motifs is 4. The van der Waals surface area contributed by atoms with Gasteiger partial charge in [-0.2, -0.15) is 0 Å². The lowest BCUT2D eigenvalue weighted by Gasteiger charge is -2.18. The number of phenols is 1. The first-order valence-electron chi connectivity index (χ1n) is 12.8. The van der Waals surface area contributed by atoms with Crippen LogP contribution in [0.15, 0.2) is 58.1 Å². The summed E-state index contributed by atoms with van der Waals surface area (Å²) in [6.07, 6.45) is 4.32. The predicted molar refractivity (Wildman–Crippen MR) is 154 cm³/mol. The molecule has 0 amide bonds. The van der Waals surface area contributed by atoms with Crippen molar-refractivity contribution in [3.05, 3.63) is 76.5 Å². The number of pyridine rings is 1. The number of dihydropyridines is 1. The van der Waals surface area contributed by atoms with E-state index >= 15 is 4.39 Å². The Morgan fingerprint density at radius 2 is 2.08 bits per heavy atom. The molecule has 8 nitrogen and oxygen atoms in total. The molecule has 1 atom stereocenters. The average molecular weight is 561 g/mol. The fraction of sp³-hybridized carbons (Fsp3) is 0.233. The number of nitrogens with zero attached hydrogens (tertiary/aromatic N) is 4. The fourth-order valence-corrected chi connectivity index (χ4v) is 5.50. The molecule has 0 aliphatic carbocycles. The van der Waals surface area contributed by atoms with E-state index in [0.29, 0.717) is 51.8 Å². The zero-order valence-corrected chi connectivity index (χ0v) is 22.6. The van der Waals surface area contributed by atoms with Crippen LogP contribution in [-0.4, -0.2) is 63.5 Å². The van der Waals surface area contributed by atoms with Crippen molar-refractivity contribution >= 4 is 61.9 Å². The summed E-state index contributed by atoms with van der Waals surface area (Å²) in [4.78, 5) is 24.5. The van der Waals surface area contributed by atoms with E-state index in [2.05, 4.69) is 9.98 Å². The van der Waals surface area contributed by atoms with Crippen molar-refractivity contribution in [2.24, 2.45) is 4.99 Å². The Hall–Kier alpha value is -4.05. The lowest BCUT2D eigenvalue weighted by atomic mass is 9.95. The summed E-state index contributed by atoms with van der Waals surface area (Å²) in [6.45, 7) is 0.590. The molecular formula is C30H26ClFN4O4. The van der Waals surface area contributed by atoms with Gasteiger partial charge < -0.3 is 24.1 Å². The van der Waals surface area contributed by atoms with Crippen molar-refractivity contribution in [3.8, 4) is 5.75 Å². The maximum absolute atomic E-state index is 15.4. The van der Waals surface area contributed by atoms with Gasteiger partial charge >= 0.3 is 0 Å². The zero-order chi connectivity index (χ0) is 28.1. The van der Waals surface area contributed by atoms with Crippen LogP contribution in [0.3, 0.4) is 0 Å². The number of Topliss-reactive ketones (excluding diaryl/α,β-unsaturated/α-hetero) is 1. The van der Waals surface area contributed by atoms with Gasteiger partial charge in [0.05, 0.1) is 40.3 Å². The number of halogens is 2. The van der Waals surface area contributed by atoms with Crippen molar-refractivity contribution in [3.63, 3.8) is 0 Å². The summed E-state index contributed by atoms with van der Waals surface area (Å²) >= 11 is 6.62. The minimum Gasteiger partial charge on any atom is -0.508 e. The van der Waals surface area contributed by atoms with E-state index in [9.17, 15) is 15.0 Å². The molecule has 2 N–H and O–H groups in total. The molecule has 1 aliphatic heterocycles. The number of ketones is 1. The van der Waals surface area contributed by atoms with Crippen LogP contribution in [0.4, 0.5) is 4.39 Å². The summed E-state index contributed by atoms with van der Waals surface area (Å²) < 4.78 is 22.9. The third kappa shape index (κ3) is 4.46. The Morgan fingerprint density at radius 3 is 2.85 bits per heavy atom. The van der Waals surface area contributed by atoms with Crippen molar-refractivity contribution in [2.75, 3.05) is 20.6 Å². The van der Waals surface area contributed by atoms with E-state index in [1.807, 2.05) is 31.1 Å². The molecule has 5 aromatic rings. The highest BCUT2D eigenvalue weighted by atomic mass is 35.5. The third-order valence-electron chi connectivity index (χ3n) is 7.18. The first-order valence-corrected chi connectivity index (χ1v) is 13.2. The molecule has 6 rings (SSSR count). The number of rotatable bonds is 7. The number of aromatic nitrogens is 2. The third-order valence-corrected chi connectivity index (χ3v) is 7.51. The molecule has 4 heterocycles. The predicted octanol–water partition coefficient (Wildman–Crippen LogP) is 5.79. The largest absolute Gasteiger partial charge is 0.508 e. The van der Waals surface area contributed by atoms with E-state index in [4.69, 9.17) is 16.0 Å². The highest BCUT2D eigenvalue weighted by Crippen LogP contribution is 2.41. The Bertz CT molecular complexity index is 1870. The number of hydrogen-bond donors (Lipinski definition) is 2. The van der Waals surface area contributed by atoms with E-state index in [-0.39, 0.29) is 40.6 Å². The molecule has 0 spiro atoms. The van der Waals surface area contributed by atoms with Crippen LogP contribution in [0, 0.1) is 5.82 Å². The lowest BCUT2D eigenvalue weighted by Crippen LogP contribution is -2.21. The fourth-order valence-electron chi connectivity index (χ4n) is 5.30. The number of aliphatic imine (C=N–C) groups is 1. The van der Waals surface area contributed by atoms with Crippen LogP contribution in [-0.2, 0) is 6.54 Å². The van der Waals surface area contributed by atoms with Gasteiger partial charge in [-0.15, -0.1) is 0 Å². The standard InChI is InChI=1S/C30H26ClFN4O4/c1-35(2)10-7-24(38)27-25(20-4-3-9-33-30(20)39)26-23(14-21(32)19-8-11-40-28(19)26)36(27)15-17-12-16-5-6-18(37)13-22(16)34-29(17)31/h4-6,8-9,11-14,30,37,39H,3,7,10,15H2,1-2H3. The first kappa shape index (κ1) is 26.2. The van der Waals surface area contributed by atoms with Crippen LogP contribution in [0.2, 0.25) is 5.15 Å². The van der Waals surface area contributed by atoms with Gasteiger partial charge in [-0.25, -0.2) is 9.37 Å². The number of phenolic OH excluding ortho intramolecular Hbond substituents is 1. The quantitative estimate of drug-likeness (QED) is 0.193. The summed E-state index contributed by atoms with van der Waals surface area (Å²) in [6, 6.07) is 9.57. The number of aromatic hydroxyl groups is 1. The number of carbonyl (C=O) groups excluding carboxylic acids is 1. The van der Waals surface area contributed by atoms with Gasteiger partial charge in [0.25, 0.3) is 0 Å². The molecule has 0 saturated carbocycles. The number of aliphatic hydroxyl groups is 1. The molecule has 204 valence electrons. The summed E-state index contributed by atoms with van der Waals surface area (Å²) in [5.41, 5.74) is 3.06. The second-order valence-corrected chi connectivity index (χ2v) is 10.5. The normalized spacial score (nSPS) is 15.6. The average Bonchev–Trinajstić information content (AvgIpc) is 3.52. The molecule has 0 bridgehead atoms. The Morgan fingerprint density at radius 1 is 1.25 bits per heavy atom. The van der Waals surface area contributed by atoms with Gasteiger partial charge in [0, 0.05) is 53.8 Å². The Labute approximate surface area is 233 Å². The lowest BCUT2D eigenvalue weighted by molar-refractivity contribution is 0.0964. The summed E-state index contributed by atoms with van der Waals surface area (Å²) in [5.74, 6) is -0.612. The van der Waals surface area contributed by atoms with Gasteiger partial charge in [-0.05, 0) is 44.4 Å². The molecule has 40 heavy (non-hydrogen) atoms. The monoisotopic (exact) mass is 560 g/mol. The summed E-state index contributed by atoms with van der Waals surface area (Å²) in [5, 5.41) is 22.5. The van der Waals surface area contributed by atoms with Crippen LogP contribution >= 0.6 is 11.6 Å². The smallest absolute Gasteiger partial charge is 0.181 e. The van der Waals surface area contributed by atoms with Crippen LogP contribution in [0.5, 0.6) is 5.75 Å². The molecule has 0 saturated heterocycles. The van der Waals surface area contributed by atoms with Crippen LogP contribution in [0.25, 0.3) is 38.3 Å². The molecule has 0 fully saturated rings. The molecular weight excluding hydrogens is 535 g/mol. The van der Waals surface area contributed by atoms with Crippen molar-refractivity contribution in [1.82, 2.24) is 14.5 Å². The minimum absolute atomic E-state index is 0.0681. The van der Waals surface area contributed by atoms with Gasteiger partial charge in [-0.3, -0.25) is 9.79 Å². The topological polar surface area (TPSA) is 104 Å². The number of aliphatic hydroxyl groups excluding tert-OH is 1. The SMILES string of the molecule is CN(C)CCC(=O)c1c(C2=CCC=NC2O)c2c3occc3c(F)cc2n1Cc1cc2ccc(O)cc2nc1Cl. The van der Waals surface area contributed by atoms with Gasteiger partial charge in [-0.1, -0.05) is 17.7 Å². The summed E-state index contributed by atoms with van der Waals surface area (Å²) in [7, 11) is 3.76. The van der Waals surface area contributed by atoms with Crippen LogP contribution in [0.1, 0.15) is 34.5 Å². The Kier molecular flexibility index (Phi) is 6.66. The van der Waals surface area contributed by atoms with E-state index < -0.39 is 12.0 Å². The van der Waals surface area contributed by atoms with Crippen molar-refractivity contribution in [1.29, 1.82) is 0 Å². The van der Waals surface area contributed by atoms with Crippen LogP contribution < -0.4 is 0 Å². The second kappa shape index (κ2) is 10.2. The second-order valence-electron chi connectivity index (χ2n) is 10.1. The minimum atomic E-state index is -1.19. The highest BCUT2D eigenvalue weighted by Gasteiger charge is 2.31. The maximum Gasteiger partial charge on any atom is 0.181 e. The number of benzene rings is 2. The molecule has 10 heteroatoms. The van der Waals surface area contributed by atoms with Gasteiger partial charge in [0.2, 0.25) is 0 Å². The number of furan rings is 1. The molecule has 3 aromatic heterocycles. The van der Waals surface area contributed by atoms with Crippen molar-refractivity contribution < 1.29 is 23.8 Å². The molecule has 1 aliphatic rings. The van der Waals surface area contributed by atoms with Gasteiger partial charge in [0.15, 0.2) is 12.0 Å². The van der Waals surface area contributed by atoms with Gasteiger partial charge in [0.1, 0.15) is 22.3 Å². The van der Waals surface area contributed by atoms with E-state index in [1.165, 1.54) is 18.4 Å². The Balaban J connectivity index is 1.66. The zero-order valence-electron chi connectivity index (χ0n) is 21.9. The maximum atomic E-state index is 15.4. The number of allylic oxidation sites excluding steroid dienone is 1. The molecule has 2 aromatic carbocycles. The highest BCUT2D eigenvalue weighted by molar-refractivity contribution is 6.30. The van der Waals surface area contributed by atoms with E-state index in [0.717, 1.165) is 5.39 Å².